The molecule has 0 saturated heterocycles. The number of carbonyl (C=O) groups excluding carboxylic acids is 1. The van der Waals surface area contributed by atoms with Gasteiger partial charge in [-0.3, -0.25) is 9.10 Å². The van der Waals surface area contributed by atoms with Crippen molar-refractivity contribution < 1.29 is 13.2 Å². The minimum Gasteiger partial charge on any atom is -0.354 e. The van der Waals surface area contributed by atoms with Crippen LogP contribution >= 0.6 is 23.2 Å². The summed E-state index contributed by atoms with van der Waals surface area (Å²) in [4.78, 5) is 12.8. The molecular formula is C23H30Cl2N2O3S. The van der Waals surface area contributed by atoms with E-state index in [9.17, 15) is 13.2 Å². The first-order chi connectivity index (χ1) is 14.7. The fourth-order valence-electron chi connectivity index (χ4n) is 3.22. The van der Waals surface area contributed by atoms with Crippen LogP contribution in [-0.2, 0) is 14.8 Å². The molecule has 1 amide bonds. The van der Waals surface area contributed by atoms with Crippen LogP contribution in [0.1, 0.15) is 45.1 Å². The van der Waals surface area contributed by atoms with Gasteiger partial charge < -0.3 is 5.32 Å². The van der Waals surface area contributed by atoms with Crippen LogP contribution in [0.25, 0.3) is 0 Å². The molecule has 31 heavy (non-hydrogen) atoms. The molecule has 1 N–H and O–H groups in total. The second-order valence-electron chi connectivity index (χ2n) is 7.67. The molecule has 0 unspecified atom stereocenters. The van der Waals surface area contributed by atoms with Crippen LogP contribution in [0, 0.1) is 12.8 Å². The second-order valence-corrected chi connectivity index (χ2v) is 10.4. The third kappa shape index (κ3) is 7.41. The van der Waals surface area contributed by atoms with Crippen molar-refractivity contribution in [3.63, 3.8) is 0 Å². The molecule has 0 fully saturated rings. The first-order valence-electron chi connectivity index (χ1n) is 10.5. The summed E-state index contributed by atoms with van der Waals surface area (Å²) in [5.41, 5.74) is 1.18. The minimum absolute atomic E-state index is 0.0939. The maximum absolute atomic E-state index is 13.4. The zero-order valence-electron chi connectivity index (χ0n) is 18.2. The number of anilines is 1. The minimum atomic E-state index is -4.00. The number of nitrogens with one attached hydrogen (secondary N) is 1. The number of amides is 1. The van der Waals surface area contributed by atoms with Crippen molar-refractivity contribution in [1.82, 2.24) is 5.32 Å². The molecule has 0 spiro atoms. The first kappa shape index (κ1) is 25.5. The van der Waals surface area contributed by atoms with Gasteiger partial charge in [0.15, 0.2) is 0 Å². The first-order valence-corrected chi connectivity index (χ1v) is 12.7. The average molecular weight is 485 g/mol. The number of hydrogen-bond donors (Lipinski definition) is 1. The Morgan fingerprint density at radius 3 is 2.23 bits per heavy atom. The van der Waals surface area contributed by atoms with Gasteiger partial charge >= 0.3 is 0 Å². The number of aryl methyl sites for hydroxylation is 1. The molecular weight excluding hydrogens is 455 g/mol. The van der Waals surface area contributed by atoms with E-state index >= 15 is 0 Å². The van der Waals surface area contributed by atoms with Crippen LogP contribution < -0.4 is 9.62 Å². The third-order valence-corrected chi connectivity index (χ3v) is 7.39. The van der Waals surface area contributed by atoms with Gasteiger partial charge in [-0.2, -0.15) is 0 Å². The molecule has 5 nitrogen and oxygen atoms in total. The van der Waals surface area contributed by atoms with E-state index in [4.69, 9.17) is 23.2 Å². The second kappa shape index (κ2) is 11.7. The van der Waals surface area contributed by atoms with Gasteiger partial charge in [0, 0.05) is 16.6 Å². The number of nitrogens with zero attached hydrogens (tertiary/aromatic N) is 1. The number of hydrogen-bond acceptors (Lipinski definition) is 3. The van der Waals surface area contributed by atoms with Crippen molar-refractivity contribution >= 4 is 44.8 Å². The lowest BCUT2D eigenvalue weighted by Crippen LogP contribution is -2.42. The molecule has 2 aromatic rings. The lowest BCUT2D eigenvalue weighted by atomic mass is 9.99. The Hall–Kier alpha value is -1.76. The molecule has 2 aromatic carbocycles. The Kier molecular flexibility index (Phi) is 9.66. The maximum Gasteiger partial charge on any atom is 0.264 e. The Morgan fingerprint density at radius 2 is 1.68 bits per heavy atom. The van der Waals surface area contributed by atoms with E-state index in [0.29, 0.717) is 12.5 Å². The molecule has 0 heterocycles. The van der Waals surface area contributed by atoms with Gasteiger partial charge in [-0.15, -0.1) is 0 Å². The number of halogens is 2. The Bertz CT molecular complexity index is 959. The van der Waals surface area contributed by atoms with Crippen LogP contribution in [0.4, 0.5) is 5.69 Å². The molecule has 0 aromatic heterocycles. The predicted molar refractivity (Wildman–Crippen MR) is 128 cm³/mol. The summed E-state index contributed by atoms with van der Waals surface area (Å²) in [6.07, 6.45) is 4.18. The predicted octanol–water partition coefficient (Wildman–Crippen LogP) is 5.83. The summed E-state index contributed by atoms with van der Waals surface area (Å²) in [7, 11) is -4.00. The van der Waals surface area contributed by atoms with Crippen molar-refractivity contribution in [2.75, 3.05) is 17.4 Å². The highest BCUT2D eigenvalue weighted by Crippen LogP contribution is 2.29. The molecule has 0 aliphatic carbocycles. The van der Waals surface area contributed by atoms with E-state index in [0.717, 1.165) is 35.6 Å². The molecule has 0 radical (unpaired) electrons. The van der Waals surface area contributed by atoms with E-state index in [1.807, 2.05) is 6.92 Å². The van der Waals surface area contributed by atoms with E-state index < -0.39 is 10.0 Å². The lowest BCUT2D eigenvalue weighted by Gasteiger charge is -2.25. The third-order valence-electron chi connectivity index (χ3n) is 5.16. The summed E-state index contributed by atoms with van der Waals surface area (Å²) >= 11 is 12.2. The van der Waals surface area contributed by atoms with Crippen LogP contribution in [0.5, 0.6) is 0 Å². The van der Waals surface area contributed by atoms with Gasteiger partial charge in [0.05, 0.1) is 10.6 Å². The average Bonchev–Trinajstić information content (AvgIpc) is 2.71. The number of benzene rings is 2. The maximum atomic E-state index is 13.4. The van der Waals surface area contributed by atoms with E-state index in [2.05, 4.69) is 19.2 Å². The number of sulfonamides is 1. The van der Waals surface area contributed by atoms with Gasteiger partial charge in [0.25, 0.3) is 10.0 Å². The Balaban J connectivity index is 2.30. The zero-order chi connectivity index (χ0) is 23.0. The van der Waals surface area contributed by atoms with E-state index in [1.165, 1.54) is 30.3 Å². The molecule has 0 aliphatic heterocycles. The number of rotatable bonds is 11. The smallest absolute Gasteiger partial charge is 0.264 e. The summed E-state index contributed by atoms with van der Waals surface area (Å²) < 4.78 is 27.8. The Morgan fingerprint density at radius 1 is 1.06 bits per heavy atom. The van der Waals surface area contributed by atoms with Gasteiger partial charge in [-0.05, 0) is 49.6 Å². The van der Waals surface area contributed by atoms with Crippen LogP contribution in [0.2, 0.25) is 10.0 Å². The molecule has 170 valence electrons. The lowest BCUT2D eigenvalue weighted by molar-refractivity contribution is -0.119. The normalized spacial score (nSPS) is 12.4. The fourth-order valence-corrected chi connectivity index (χ4v) is 5.14. The summed E-state index contributed by atoms with van der Waals surface area (Å²) in [6.45, 7) is 6.26. The number of unbranched alkanes of at least 4 members (excludes halogenated alkanes) is 1. The standard InChI is InChI=1S/C23H30Cl2N2O3S/c1-4-6-7-18(5-2)15-26-23(28)16-27(21-13-19(24)12-20(25)14-21)31(29,30)22-10-8-17(3)9-11-22/h8-14,18H,4-7,15-16H2,1-3H3,(H,26,28)/t18-/m1/s1. The SMILES string of the molecule is CCCC[C@@H](CC)CNC(=O)CN(c1cc(Cl)cc(Cl)c1)S(=O)(=O)c1ccc(C)cc1. The zero-order valence-corrected chi connectivity index (χ0v) is 20.5. The number of carbonyl (C=O) groups is 1. The van der Waals surface area contributed by atoms with Crippen molar-refractivity contribution in [2.24, 2.45) is 5.92 Å². The fraction of sp³-hybridized carbons (Fsp3) is 0.435. The topological polar surface area (TPSA) is 66.5 Å². The summed E-state index contributed by atoms with van der Waals surface area (Å²) in [6, 6.07) is 11.0. The van der Waals surface area contributed by atoms with Crippen molar-refractivity contribution in [3.8, 4) is 0 Å². The molecule has 0 saturated carbocycles. The van der Waals surface area contributed by atoms with E-state index in [1.54, 1.807) is 12.1 Å². The van der Waals surface area contributed by atoms with Crippen LogP contribution in [0.3, 0.4) is 0 Å². The molecule has 0 bridgehead atoms. The highest BCUT2D eigenvalue weighted by atomic mass is 35.5. The Labute approximate surface area is 195 Å². The monoisotopic (exact) mass is 484 g/mol. The van der Waals surface area contributed by atoms with Gasteiger partial charge in [0.2, 0.25) is 5.91 Å². The summed E-state index contributed by atoms with van der Waals surface area (Å²) in [5, 5.41) is 3.47. The van der Waals surface area contributed by atoms with Crippen molar-refractivity contribution in [1.29, 1.82) is 0 Å². The van der Waals surface area contributed by atoms with Gasteiger partial charge in [-0.1, -0.05) is 74.0 Å². The van der Waals surface area contributed by atoms with E-state index in [-0.39, 0.29) is 33.1 Å². The van der Waals surface area contributed by atoms with Crippen molar-refractivity contribution in [2.45, 2.75) is 51.3 Å². The van der Waals surface area contributed by atoms with Crippen LogP contribution in [-0.4, -0.2) is 27.4 Å². The van der Waals surface area contributed by atoms with Gasteiger partial charge in [-0.25, -0.2) is 8.42 Å². The molecule has 2 rings (SSSR count). The largest absolute Gasteiger partial charge is 0.354 e. The molecule has 0 aliphatic rings. The summed E-state index contributed by atoms with van der Waals surface area (Å²) in [5.74, 6) is -0.00611. The highest BCUT2D eigenvalue weighted by molar-refractivity contribution is 7.92. The quantitative estimate of drug-likeness (QED) is 0.436. The molecule has 8 heteroatoms. The van der Waals surface area contributed by atoms with Gasteiger partial charge in [0.1, 0.15) is 6.54 Å². The van der Waals surface area contributed by atoms with Crippen LogP contribution in [0.15, 0.2) is 47.4 Å². The van der Waals surface area contributed by atoms with Crippen molar-refractivity contribution in [3.05, 3.63) is 58.1 Å². The highest BCUT2D eigenvalue weighted by Gasteiger charge is 2.28. The molecule has 1 atom stereocenters.